The van der Waals surface area contributed by atoms with Crippen LogP contribution in [0.2, 0.25) is 0 Å². The van der Waals surface area contributed by atoms with Gasteiger partial charge in [-0.25, -0.2) is 4.39 Å². The second-order valence-corrected chi connectivity index (χ2v) is 5.07. The third-order valence-electron chi connectivity index (χ3n) is 2.83. The molecule has 0 atom stereocenters. The maximum atomic E-state index is 13.5. The van der Waals surface area contributed by atoms with E-state index < -0.39 is 0 Å². The summed E-state index contributed by atoms with van der Waals surface area (Å²) in [6.45, 7) is 2.15. The van der Waals surface area contributed by atoms with Gasteiger partial charge < -0.3 is 15.5 Å². The Morgan fingerprint density at radius 2 is 2.00 bits per heavy atom. The molecule has 0 aromatic heterocycles. The van der Waals surface area contributed by atoms with E-state index in [2.05, 4.69) is 21.2 Å². The number of halogens is 2. The summed E-state index contributed by atoms with van der Waals surface area (Å²) >= 11 is 3.12. The fourth-order valence-electron chi connectivity index (χ4n) is 1.75. The summed E-state index contributed by atoms with van der Waals surface area (Å²) < 4.78 is 13.9. The van der Waals surface area contributed by atoms with E-state index in [1.807, 2.05) is 6.92 Å². The second kappa shape index (κ2) is 5.48. The van der Waals surface area contributed by atoms with Gasteiger partial charge in [-0.2, -0.15) is 0 Å². The van der Waals surface area contributed by atoms with Gasteiger partial charge in [0.25, 0.3) is 0 Å². The van der Waals surface area contributed by atoms with Gasteiger partial charge >= 0.3 is 0 Å². The fourth-order valence-corrected chi connectivity index (χ4v) is 2.21. The van der Waals surface area contributed by atoms with Gasteiger partial charge in [-0.05, 0) is 46.6 Å². The molecule has 0 bridgehead atoms. The molecule has 2 aromatic rings. The van der Waals surface area contributed by atoms with Crippen LogP contribution in [0.15, 0.2) is 34.8 Å². The molecule has 0 aliphatic rings. The molecule has 0 saturated heterocycles. The van der Waals surface area contributed by atoms with Gasteiger partial charge in [-0.3, -0.25) is 0 Å². The van der Waals surface area contributed by atoms with Crippen LogP contribution in [0.5, 0.6) is 11.5 Å². The lowest BCUT2D eigenvalue weighted by Gasteiger charge is -2.12. The SMILES string of the molecule is Cc1cc(Br)c(F)cc1NCc1cccc(O)c1O. The van der Waals surface area contributed by atoms with Gasteiger partial charge in [0.1, 0.15) is 5.82 Å². The maximum Gasteiger partial charge on any atom is 0.162 e. The molecule has 0 fully saturated rings. The summed E-state index contributed by atoms with van der Waals surface area (Å²) in [7, 11) is 0. The summed E-state index contributed by atoms with van der Waals surface area (Å²) in [6.07, 6.45) is 0. The molecule has 0 amide bonds. The van der Waals surface area contributed by atoms with Crippen LogP contribution in [0.1, 0.15) is 11.1 Å². The number of anilines is 1. The van der Waals surface area contributed by atoms with Crippen LogP contribution in [-0.2, 0) is 6.54 Å². The van der Waals surface area contributed by atoms with Crippen LogP contribution in [0.25, 0.3) is 0 Å². The highest BCUT2D eigenvalue weighted by molar-refractivity contribution is 9.10. The summed E-state index contributed by atoms with van der Waals surface area (Å²) in [6, 6.07) is 7.80. The number of benzene rings is 2. The van der Waals surface area contributed by atoms with Crippen LogP contribution in [0.3, 0.4) is 0 Å². The van der Waals surface area contributed by atoms with Gasteiger partial charge in [0, 0.05) is 17.8 Å². The van der Waals surface area contributed by atoms with Crippen molar-refractivity contribution in [3.05, 3.63) is 51.7 Å². The molecule has 0 spiro atoms. The molecule has 19 heavy (non-hydrogen) atoms. The third-order valence-corrected chi connectivity index (χ3v) is 3.44. The van der Waals surface area contributed by atoms with Crippen molar-refractivity contribution in [1.29, 1.82) is 0 Å². The fraction of sp³-hybridized carbons (Fsp3) is 0.143. The summed E-state index contributed by atoms with van der Waals surface area (Å²) in [5, 5.41) is 22.1. The van der Waals surface area contributed by atoms with Crippen LogP contribution in [0.4, 0.5) is 10.1 Å². The number of aryl methyl sites for hydroxylation is 1. The number of phenolic OH excluding ortho intramolecular Hbond substituents is 2. The van der Waals surface area contributed by atoms with Crippen molar-refractivity contribution in [2.45, 2.75) is 13.5 Å². The van der Waals surface area contributed by atoms with Crippen molar-refractivity contribution in [1.82, 2.24) is 0 Å². The average molecular weight is 326 g/mol. The number of hydrogen-bond acceptors (Lipinski definition) is 3. The van der Waals surface area contributed by atoms with Crippen LogP contribution >= 0.6 is 15.9 Å². The Balaban J connectivity index is 2.19. The molecule has 0 saturated carbocycles. The van der Waals surface area contributed by atoms with E-state index in [1.54, 1.807) is 18.2 Å². The normalized spacial score (nSPS) is 10.5. The molecule has 100 valence electrons. The zero-order valence-corrected chi connectivity index (χ0v) is 11.8. The summed E-state index contributed by atoms with van der Waals surface area (Å²) in [5.41, 5.74) is 2.07. The summed E-state index contributed by atoms with van der Waals surface area (Å²) in [4.78, 5) is 0. The first kappa shape index (κ1) is 13.7. The van der Waals surface area contributed by atoms with Crippen molar-refractivity contribution in [2.75, 3.05) is 5.32 Å². The lowest BCUT2D eigenvalue weighted by molar-refractivity contribution is 0.400. The zero-order valence-electron chi connectivity index (χ0n) is 10.2. The summed E-state index contributed by atoms with van der Waals surface area (Å²) in [5.74, 6) is -0.684. The van der Waals surface area contributed by atoms with Crippen molar-refractivity contribution >= 4 is 21.6 Å². The van der Waals surface area contributed by atoms with E-state index in [-0.39, 0.29) is 17.3 Å². The molecule has 3 nitrogen and oxygen atoms in total. The molecule has 0 aliphatic carbocycles. The Labute approximate surface area is 118 Å². The number of para-hydroxylation sites is 1. The second-order valence-electron chi connectivity index (χ2n) is 4.22. The minimum absolute atomic E-state index is 0.162. The molecule has 0 heterocycles. The molecule has 5 heteroatoms. The van der Waals surface area contributed by atoms with Gasteiger partial charge in [0.2, 0.25) is 0 Å². The number of aromatic hydroxyl groups is 2. The Hall–Kier alpha value is -1.75. The highest BCUT2D eigenvalue weighted by atomic mass is 79.9. The van der Waals surface area contributed by atoms with Crippen molar-refractivity contribution in [3.8, 4) is 11.5 Å². The average Bonchev–Trinajstić information content (AvgIpc) is 2.37. The number of phenols is 2. The topological polar surface area (TPSA) is 52.5 Å². The lowest BCUT2D eigenvalue weighted by atomic mass is 10.1. The minimum Gasteiger partial charge on any atom is -0.504 e. The molecule has 0 unspecified atom stereocenters. The van der Waals surface area contributed by atoms with Gasteiger partial charge in [-0.15, -0.1) is 0 Å². The molecule has 3 N–H and O–H groups in total. The van der Waals surface area contributed by atoms with E-state index in [1.165, 1.54) is 12.1 Å². The van der Waals surface area contributed by atoms with E-state index in [4.69, 9.17) is 0 Å². The molecular formula is C14H13BrFNO2. The first-order valence-corrected chi connectivity index (χ1v) is 6.47. The maximum absolute atomic E-state index is 13.5. The predicted octanol–water partition coefficient (Wildman–Crippen LogP) is 3.92. The molecular weight excluding hydrogens is 313 g/mol. The third kappa shape index (κ3) is 2.98. The Morgan fingerprint density at radius 3 is 2.74 bits per heavy atom. The van der Waals surface area contributed by atoms with E-state index in [9.17, 15) is 14.6 Å². The smallest absolute Gasteiger partial charge is 0.162 e. The zero-order chi connectivity index (χ0) is 14.0. The standard InChI is InChI=1S/C14H13BrFNO2/c1-8-5-10(15)11(16)6-12(8)17-7-9-3-2-4-13(18)14(9)19/h2-6,17-19H,7H2,1H3. The van der Waals surface area contributed by atoms with Crippen LogP contribution < -0.4 is 5.32 Å². The Bertz CT molecular complexity index is 617. The van der Waals surface area contributed by atoms with E-state index in [0.717, 1.165) is 5.56 Å². The number of rotatable bonds is 3. The van der Waals surface area contributed by atoms with E-state index in [0.29, 0.717) is 22.3 Å². The van der Waals surface area contributed by atoms with Gasteiger partial charge in [0.05, 0.1) is 4.47 Å². The monoisotopic (exact) mass is 325 g/mol. The van der Waals surface area contributed by atoms with Gasteiger partial charge in [-0.1, -0.05) is 12.1 Å². The lowest BCUT2D eigenvalue weighted by Crippen LogP contribution is -2.02. The largest absolute Gasteiger partial charge is 0.504 e. The van der Waals surface area contributed by atoms with Crippen LogP contribution in [0, 0.1) is 12.7 Å². The number of hydrogen-bond donors (Lipinski definition) is 3. The first-order valence-electron chi connectivity index (χ1n) is 5.68. The minimum atomic E-state index is -0.353. The van der Waals surface area contributed by atoms with Crippen molar-refractivity contribution < 1.29 is 14.6 Å². The Morgan fingerprint density at radius 1 is 1.26 bits per heavy atom. The van der Waals surface area contributed by atoms with E-state index >= 15 is 0 Å². The van der Waals surface area contributed by atoms with Crippen molar-refractivity contribution in [2.24, 2.45) is 0 Å². The molecule has 2 rings (SSSR count). The number of nitrogens with one attached hydrogen (secondary N) is 1. The predicted molar refractivity (Wildman–Crippen MR) is 75.9 cm³/mol. The first-order chi connectivity index (χ1) is 8.99. The highest BCUT2D eigenvalue weighted by Crippen LogP contribution is 2.30. The van der Waals surface area contributed by atoms with Crippen molar-refractivity contribution in [3.63, 3.8) is 0 Å². The quantitative estimate of drug-likeness (QED) is 0.750. The Kier molecular flexibility index (Phi) is 3.95. The molecule has 2 aromatic carbocycles. The van der Waals surface area contributed by atoms with Crippen LogP contribution in [-0.4, -0.2) is 10.2 Å². The van der Waals surface area contributed by atoms with Gasteiger partial charge in [0.15, 0.2) is 11.5 Å². The highest BCUT2D eigenvalue weighted by Gasteiger charge is 2.08. The molecule has 0 aliphatic heterocycles. The molecule has 0 radical (unpaired) electrons.